The maximum atomic E-state index is 13.5. The lowest BCUT2D eigenvalue weighted by atomic mass is 9.96. The second kappa shape index (κ2) is 60.1. The van der Waals surface area contributed by atoms with Crippen LogP contribution in [0.4, 0.5) is 0 Å². The quantitative estimate of drug-likeness (QED) is 0.0252. The Morgan fingerprint density at radius 1 is 0.330 bits per heavy atom. The Morgan fingerprint density at radius 3 is 0.897 bits per heavy atom. The predicted molar refractivity (Wildman–Crippen MR) is 384 cm³/mol. The number of rotatable bonds is 66. The van der Waals surface area contributed by atoms with Gasteiger partial charge in [0.2, 0.25) is 5.91 Å². The van der Waals surface area contributed by atoms with Crippen LogP contribution in [0.3, 0.4) is 0 Å². The average Bonchev–Trinajstić information content (AvgIpc) is 0.789. The molecule has 3 heterocycles. The van der Waals surface area contributed by atoms with Crippen molar-refractivity contribution in [2.24, 2.45) is 0 Å². The van der Waals surface area contributed by atoms with Crippen LogP contribution in [0, 0.1) is 0 Å². The van der Waals surface area contributed by atoms with Gasteiger partial charge in [0.25, 0.3) is 0 Å². The molecule has 0 spiro atoms. The normalized spacial score (nSPS) is 26.8. The summed E-state index contributed by atoms with van der Waals surface area (Å²) >= 11 is 0. The number of amides is 1. The topological polar surface area (TPSA) is 307 Å². The highest BCUT2D eigenvalue weighted by Crippen LogP contribution is 2.33. The molecule has 0 bridgehead atoms. The molecule has 19 nitrogen and oxygen atoms in total. The van der Waals surface area contributed by atoms with Gasteiger partial charge < -0.3 is 89.9 Å². The van der Waals surface area contributed by atoms with Gasteiger partial charge in [-0.25, -0.2) is 0 Å². The minimum atomic E-state index is -1.97. The number of aliphatic hydroxyl groups is 11. The predicted octanol–water partition coefficient (Wildman–Crippen LogP) is 13.4. The van der Waals surface area contributed by atoms with Crippen LogP contribution in [0.1, 0.15) is 361 Å². The van der Waals surface area contributed by atoms with E-state index in [0.717, 1.165) is 44.9 Å². The van der Waals surface area contributed by atoms with Crippen LogP contribution in [0.15, 0.2) is 0 Å². The fourth-order valence-corrected chi connectivity index (χ4v) is 14.4. The van der Waals surface area contributed by atoms with Crippen LogP contribution in [0.5, 0.6) is 0 Å². The van der Waals surface area contributed by atoms with Crippen LogP contribution in [-0.2, 0) is 33.2 Å². The molecule has 19 heteroatoms. The van der Waals surface area contributed by atoms with E-state index in [4.69, 9.17) is 28.4 Å². The molecule has 3 rings (SSSR count). The van der Waals surface area contributed by atoms with E-state index in [0.29, 0.717) is 12.8 Å². The van der Waals surface area contributed by atoms with Crippen LogP contribution in [0.25, 0.3) is 0 Å². The molecule has 3 fully saturated rings. The number of nitrogens with one attached hydrogen (secondary N) is 1. The molecule has 1 amide bonds. The first-order valence-electron chi connectivity index (χ1n) is 40.8. The number of hydrogen-bond donors (Lipinski definition) is 12. The van der Waals surface area contributed by atoms with E-state index in [-0.39, 0.29) is 18.9 Å². The molecule has 576 valence electrons. The Balaban J connectivity index is 1.37. The van der Waals surface area contributed by atoms with E-state index in [1.807, 2.05) is 0 Å². The second-order valence-electron chi connectivity index (χ2n) is 29.6. The van der Waals surface area contributed by atoms with Crippen molar-refractivity contribution in [2.45, 2.75) is 465 Å². The molecule has 0 saturated carbocycles. The van der Waals surface area contributed by atoms with Crippen molar-refractivity contribution in [3.63, 3.8) is 0 Å². The van der Waals surface area contributed by atoms with Crippen LogP contribution < -0.4 is 5.32 Å². The van der Waals surface area contributed by atoms with Crippen LogP contribution in [0.2, 0.25) is 0 Å². The Morgan fingerprint density at radius 2 is 0.588 bits per heavy atom. The summed E-state index contributed by atoms with van der Waals surface area (Å²) in [4.78, 5) is 13.5. The van der Waals surface area contributed by atoms with Crippen LogP contribution in [-0.4, -0.2) is 193 Å². The molecular formula is C78H151NO18. The molecular weight excluding hydrogens is 1240 g/mol. The second-order valence-corrected chi connectivity index (χ2v) is 29.6. The van der Waals surface area contributed by atoms with Crippen LogP contribution >= 0.6 is 0 Å². The molecule has 17 atom stereocenters. The first-order chi connectivity index (χ1) is 47.3. The minimum Gasteiger partial charge on any atom is -0.394 e. The van der Waals surface area contributed by atoms with Crippen molar-refractivity contribution in [3.8, 4) is 0 Å². The van der Waals surface area contributed by atoms with E-state index < -0.39 is 124 Å². The summed E-state index contributed by atoms with van der Waals surface area (Å²) in [5.41, 5.74) is 0. The zero-order chi connectivity index (χ0) is 70.4. The Labute approximate surface area is 589 Å². The molecule has 3 aliphatic rings. The summed E-state index contributed by atoms with van der Waals surface area (Å²) in [7, 11) is 0. The van der Waals surface area contributed by atoms with Gasteiger partial charge in [-0.05, 0) is 12.8 Å². The van der Waals surface area contributed by atoms with Gasteiger partial charge >= 0.3 is 0 Å². The molecule has 0 aromatic rings. The molecule has 3 aliphatic heterocycles. The van der Waals surface area contributed by atoms with Gasteiger partial charge in [-0.3, -0.25) is 4.79 Å². The van der Waals surface area contributed by atoms with E-state index in [2.05, 4.69) is 19.2 Å². The molecule has 97 heavy (non-hydrogen) atoms. The summed E-state index contributed by atoms with van der Waals surface area (Å²) in [6.45, 7) is 1.88. The van der Waals surface area contributed by atoms with E-state index in [1.165, 1.54) is 283 Å². The molecule has 0 radical (unpaired) electrons. The number of ether oxygens (including phenoxy) is 6. The molecule has 0 aromatic carbocycles. The highest BCUT2D eigenvalue weighted by atomic mass is 16.8. The van der Waals surface area contributed by atoms with Crippen molar-refractivity contribution in [1.29, 1.82) is 0 Å². The summed E-state index contributed by atoms with van der Waals surface area (Å²) in [5.74, 6) is -0.232. The number of hydrogen-bond acceptors (Lipinski definition) is 18. The largest absolute Gasteiger partial charge is 0.394 e. The first kappa shape index (κ1) is 90.0. The summed E-state index contributed by atoms with van der Waals surface area (Å²) < 4.78 is 34.5. The number of aliphatic hydroxyl groups excluding tert-OH is 11. The maximum Gasteiger partial charge on any atom is 0.220 e. The monoisotopic (exact) mass is 1390 g/mol. The highest BCUT2D eigenvalue weighted by molar-refractivity contribution is 5.76. The van der Waals surface area contributed by atoms with Crippen molar-refractivity contribution in [3.05, 3.63) is 0 Å². The van der Waals surface area contributed by atoms with E-state index >= 15 is 0 Å². The third-order valence-corrected chi connectivity index (χ3v) is 20.9. The van der Waals surface area contributed by atoms with Gasteiger partial charge in [0.1, 0.15) is 73.2 Å². The number of unbranched alkanes of at least 4 members (excludes halogenated alkanes) is 50. The van der Waals surface area contributed by atoms with Gasteiger partial charge in [-0.2, -0.15) is 0 Å². The molecule has 17 unspecified atom stereocenters. The number of carbonyl (C=O) groups is 1. The van der Waals surface area contributed by atoms with Crippen molar-refractivity contribution >= 4 is 5.91 Å². The van der Waals surface area contributed by atoms with Crippen molar-refractivity contribution < 1.29 is 89.4 Å². The fraction of sp³-hybridized carbons (Fsp3) is 0.987. The third-order valence-electron chi connectivity index (χ3n) is 20.9. The summed E-state index contributed by atoms with van der Waals surface area (Å²) in [6.07, 6.45) is 41.9. The molecule has 12 N–H and O–H groups in total. The lowest BCUT2D eigenvalue weighted by Gasteiger charge is -2.48. The first-order valence-corrected chi connectivity index (χ1v) is 40.8. The Kier molecular flexibility index (Phi) is 55.8. The lowest BCUT2D eigenvalue weighted by Crippen LogP contribution is -2.66. The fourth-order valence-electron chi connectivity index (χ4n) is 14.4. The minimum absolute atomic E-state index is 0.232. The standard InChI is InChI=1S/C78H151NO18/c1-3-5-7-9-11-13-15-17-19-21-23-25-27-29-31-33-35-37-39-41-43-45-47-49-51-53-55-62(83)61(79-66(84)56-54-52-50-48-46-44-42-40-38-36-34-32-30-28-26-24-22-20-18-16-14-12-10-8-6-4-2)60-92-76-72(90)69(87)74(64(58-81)94-76)97-78-73(91)70(88)75(65(59-82)95-78)96-77-71(89)68(86)67(85)63(57-80)93-77/h61-65,67-78,80-83,85-91H,3-60H2,1-2H3,(H,79,84). The smallest absolute Gasteiger partial charge is 0.220 e. The molecule has 0 aromatic heterocycles. The lowest BCUT2D eigenvalue weighted by molar-refractivity contribution is -0.379. The van der Waals surface area contributed by atoms with E-state index in [1.54, 1.807) is 0 Å². The number of carbonyl (C=O) groups excluding carboxylic acids is 1. The van der Waals surface area contributed by atoms with Gasteiger partial charge in [-0.1, -0.05) is 341 Å². The van der Waals surface area contributed by atoms with Gasteiger partial charge in [0, 0.05) is 6.42 Å². The molecule has 3 saturated heterocycles. The zero-order valence-electron chi connectivity index (χ0n) is 61.6. The molecule has 0 aliphatic carbocycles. The zero-order valence-corrected chi connectivity index (χ0v) is 61.6. The Bertz CT molecular complexity index is 1760. The van der Waals surface area contributed by atoms with Crippen molar-refractivity contribution in [1.82, 2.24) is 5.32 Å². The summed E-state index contributed by atoms with van der Waals surface area (Å²) in [6, 6.07) is -0.883. The highest BCUT2D eigenvalue weighted by Gasteiger charge is 2.54. The van der Waals surface area contributed by atoms with Gasteiger partial charge in [-0.15, -0.1) is 0 Å². The maximum absolute atomic E-state index is 13.5. The SMILES string of the molecule is CCCCCCCCCCCCCCCCCCCCCCCCCCCCC(=O)NC(COC1OC(CO)C(OC2OC(CO)C(OC3OC(CO)C(O)C(O)C3O)C(O)C2O)C(O)C1O)C(O)CCCCCCCCCCCCCCCCCCCCCCCCCCCC. The van der Waals surface area contributed by atoms with Gasteiger partial charge in [0.15, 0.2) is 18.9 Å². The summed E-state index contributed by atoms with van der Waals surface area (Å²) in [5, 5.41) is 121. The Hall–Kier alpha value is -1.21. The third kappa shape index (κ3) is 40.6. The van der Waals surface area contributed by atoms with E-state index in [9.17, 15) is 61.0 Å². The van der Waals surface area contributed by atoms with Crippen molar-refractivity contribution in [2.75, 3.05) is 26.4 Å². The van der Waals surface area contributed by atoms with Gasteiger partial charge in [0.05, 0.1) is 38.6 Å². The average molecular weight is 1390 g/mol.